The fraction of sp³-hybridized carbons (Fsp3) is 0.333. The van der Waals surface area contributed by atoms with Crippen molar-refractivity contribution in [2.45, 2.75) is 31.0 Å². The van der Waals surface area contributed by atoms with Crippen LogP contribution in [0.5, 0.6) is 0 Å². The predicted octanol–water partition coefficient (Wildman–Crippen LogP) is 3.21. The summed E-state index contributed by atoms with van der Waals surface area (Å²) >= 11 is 1.68. The van der Waals surface area contributed by atoms with Crippen molar-refractivity contribution in [3.05, 3.63) is 53.9 Å². The van der Waals surface area contributed by atoms with Crippen molar-refractivity contribution in [1.29, 1.82) is 0 Å². The summed E-state index contributed by atoms with van der Waals surface area (Å²) in [5.41, 5.74) is 2.55. The van der Waals surface area contributed by atoms with Gasteiger partial charge in [-0.2, -0.15) is 0 Å². The van der Waals surface area contributed by atoms with E-state index in [1.807, 2.05) is 10.6 Å². The third kappa shape index (κ3) is 3.71. The summed E-state index contributed by atoms with van der Waals surface area (Å²) in [5, 5.41) is 9.30. The lowest BCUT2D eigenvalue weighted by Gasteiger charge is -2.07. The monoisotopic (exact) mass is 289 g/mol. The van der Waals surface area contributed by atoms with Crippen LogP contribution >= 0.6 is 11.8 Å². The third-order valence-electron chi connectivity index (χ3n) is 2.87. The molecule has 106 valence electrons. The van der Waals surface area contributed by atoms with Crippen molar-refractivity contribution in [3.63, 3.8) is 0 Å². The lowest BCUT2D eigenvalue weighted by Crippen LogP contribution is -2.04. The number of hydrogen-bond acceptors (Lipinski definition) is 4. The quantitative estimate of drug-likeness (QED) is 0.579. The maximum absolute atomic E-state index is 5.14. The number of rotatable bonds is 7. The van der Waals surface area contributed by atoms with Gasteiger partial charge in [0, 0.05) is 19.4 Å². The molecule has 0 atom stereocenters. The van der Waals surface area contributed by atoms with E-state index in [-0.39, 0.29) is 0 Å². The second-order valence-corrected chi connectivity index (χ2v) is 5.45. The average molecular weight is 289 g/mol. The van der Waals surface area contributed by atoms with Crippen LogP contribution in [-0.4, -0.2) is 21.9 Å². The van der Waals surface area contributed by atoms with Crippen LogP contribution in [0, 0.1) is 6.92 Å². The van der Waals surface area contributed by atoms with Crippen molar-refractivity contribution < 1.29 is 4.74 Å². The van der Waals surface area contributed by atoms with E-state index < -0.39 is 0 Å². The van der Waals surface area contributed by atoms with E-state index in [1.165, 1.54) is 11.1 Å². The molecule has 1 aromatic heterocycles. The van der Waals surface area contributed by atoms with Crippen LogP contribution in [0.15, 0.2) is 42.1 Å². The number of hydrogen-bond donors (Lipinski definition) is 0. The zero-order chi connectivity index (χ0) is 14.4. The Kier molecular flexibility index (Phi) is 5.38. The largest absolute Gasteiger partial charge is 0.377 e. The molecule has 1 heterocycles. The average Bonchev–Trinajstić information content (AvgIpc) is 2.82. The Morgan fingerprint density at radius 1 is 1.30 bits per heavy atom. The molecule has 0 N–H and O–H groups in total. The van der Waals surface area contributed by atoms with Gasteiger partial charge in [0.2, 0.25) is 0 Å². The van der Waals surface area contributed by atoms with E-state index in [4.69, 9.17) is 4.74 Å². The van der Waals surface area contributed by atoms with Gasteiger partial charge in [-0.1, -0.05) is 47.7 Å². The minimum absolute atomic E-state index is 0.464. The Hall–Kier alpha value is -1.59. The van der Waals surface area contributed by atoms with Crippen LogP contribution in [0.4, 0.5) is 0 Å². The van der Waals surface area contributed by atoms with Crippen LogP contribution in [0.1, 0.15) is 17.0 Å². The summed E-state index contributed by atoms with van der Waals surface area (Å²) in [5.74, 6) is 1.71. The molecule has 0 saturated carbocycles. The molecule has 1 aromatic carbocycles. The molecule has 5 heteroatoms. The molecule has 2 aromatic rings. The zero-order valence-corrected chi connectivity index (χ0v) is 12.7. The molecule has 20 heavy (non-hydrogen) atoms. The van der Waals surface area contributed by atoms with Gasteiger partial charge in [0.05, 0.1) is 0 Å². The number of aromatic nitrogens is 3. The minimum atomic E-state index is 0.464. The fourth-order valence-electron chi connectivity index (χ4n) is 1.81. The Bertz CT molecular complexity index is 563. The van der Waals surface area contributed by atoms with E-state index in [1.54, 1.807) is 18.9 Å². The van der Waals surface area contributed by atoms with E-state index >= 15 is 0 Å². The summed E-state index contributed by atoms with van der Waals surface area (Å²) in [6.45, 7) is 7.03. The summed E-state index contributed by atoms with van der Waals surface area (Å²) < 4.78 is 7.17. The summed E-state index contributed by atoms with van der Waals surface area (Å²) in [4.78, 5) is 0. The molecule has 0 bridgehead atoms. The molecule has 0 aliphatic heterocycles. The topological polar surface area (TPSA) is 39.9 Å². The van der Waals surface area contributed by atoms with Gasteiger partial charge in [-0.05, 0) is 12.5 Å². The van der Waals surface area contributed by atoms with Crippen molar-refractivity contribution in [2.24, 2.45) is 0 Å². The number of thioether (sulfide) groups is 1. The molecule has 2 rings (SSSR count). The molecule has 0 unspecified atom stereocenters. The van der Waals surface area contributed by atoms with Gasteiger partial charge < -0.3 is 9.30 Å². The molecule has 0 spiro atoms. The normalized spacial score (nSPS) is 10.7. The minimum Gasteiger partial charge on any atom is -0.377 e. The van der Waals surface area contributed by atoms with Gasteiger partial charge in [-0.15, -0.1) is 16.8 Å². The van der Waals surface area contributed by atoms with Crippen LogP contribution in [-0.2, 0) is 23.6 Å². The van der Waals surface area contributed by atoms with Crippen molar-refractivity contribution >= 4 is 11.8 Å². The summed E-state index contributed by atoms with van der Waals surface area (Å²) in [6, 6.07) is 8.54. The molecule has 0 aliphatic rings. The van der Waals surface area contributed by atoms with Gasteiger partial charge in [0.25, 0.3) is 0 Å². The maximum Gasteiger partial charge on any atom is 0.191 e. The number of ether oxygens (including phenoxy) is 1. The van der Waals surface area contributed by atoms with Gasteiger partial charge in [-0.25, -0.2) is 0 Å². The second kappa shape index (κ2) is 7.26. The highest BCUT2D eigenvalue weighted by molar-refractivity contribution is 7.98. The molecular weight excluding hydrogens is 270 g/mol. The molecule has 0 fully saturated rings. The van der Waals surface area contributed by atoms with Gasteiger partial charge >= 0.3 is 0 Å². The van der Waals surface area contributed by atoms with Crippen molar-refractivity contribution in [3.8, 4) is 0 Å². The number of nitrogens with zero attached hydrogens (tertiary/aromatic N) is 3. The highest BCUT2D eigenvalue weighted by Crippen LogP contribution is 2.22. The number of benzene rings is 1. The molecule has 0 amide bonds. The lowest BCUT2D eigenvalue weighted by atomic mass is 10.2. The Morgan fingerprint density at radius 3 is 2.70 bits per heavy atom. The lowest BCUT2D eigenvalue weighted by molar-refractivity contribution is 0.174. The highest BCUT2D eigenvalue weighted by Gasteiger charge is 2.11. The fourth-order valence-corrected chi connectivity index (χ4v) is 2.73. The van der Waals surface area contributed by atoms with Crippen molar-refractivity contribution in [1.82, 2.24) is 14.8 Å². The first-order valence-corrected chi connectivity index (χ1v) is 7.43. The third-order valence-corrected chi connectivity index (χ3v) is 3.91. The number of aryl methyl sites for hydroxylation is 1. The first-order chi connectivity index (χ1) is 9.74. The molecule has 0 radical (unpaired) electrons. The molecule has 4 nitrogen and oxygen atoms in total. The number of allylic oxidation sites excluding steroid dienone is 1. The summed E-state index contributed by atoms with van der Waals surface area (Å²) in [6.07, 6.45) is 1.85. The van der Waals surface area contributed by atoms with E-state index in [9.17, 15) is 0 Å². The first kappa shape index (κ1) is 14.8. The van der Waals surface area contributed by atoms with Crippen LogP contribution < -0.4 is 0 Å². The number of methoxy groups -OCH3 is 1. The Morgan fingerprint density at radius 2 is 2.05 bits per heavy atom. The SMILES string of the molecule is C=CCn1c(COC)nnc1SCc1ccc(C)cc1. The van der Waals surface area contributed by atoms with Crippen molar-refractivity contribution in [2.75, 3.05) is 7.11 Å². The van der Waals surface area contributed by atoms with Gasteiger partial charge in [0.1, 0.15) is 6.61 Å². The molecule has 0 saturated heterocycles. The Labute approximate surface area is 123 Å². The smallest absolute Gasteiger partial charge is 0.191 e. The zero-order valence-electron chi connectivity index (χ0n) is 11.9. The summed E-state index contributed by atoms with van der Waals surface area (Å²) in [7, 11) is 1.66. The highest BCUT2D eigenvalue weighted by atomic mass is 32.2. The standard InChI is InChI=1S/C15H19N3OS/c1-4-9-18-14(10-19-3)16-17-15(18)20-11-13-7-5-12(2)6-8-13/h4-8H,1,9-11H2,2-3H3. The first-order valence-electron chi connectivity index (χ1n) is 6.45. The van der Waals surface area contributed by atoms with Gasteiger partial charge in [-0.3, -0.25) is 0 Å². The molecular formula is C15H19N3OS. The van der Waals surface area contributed by atoms with E-state index in [0.29, 0.717) is 13.2 Å². The predicted molar refractivity (Wildman–Crippen MR) is 81.7 cm³/mol. The van der Waals surface area contributed by atoms with Crippen LogP contribution in [0.2, 0.25) is 0 Å². The van der Waals surface area contributed by atoms with Crippen LogP contribution in [0.25, 0.3) is 0 Å². The second-order valence-electron chi connectivity index (χ2n) is 4.51. The van der Waals surface area contributed by atoms with Gasteiger partial charge in [0.15, 0.2) is 11.0 Å². The maximum atomic E-state index is 5.14. The molecule has 0 aliphatic carbocycles. The van der Waals surface area contributed by atoms with E-state index in [2.05, 4.69) is 48.0 Å². The van der Waals surface area contributed by atoms with E-state index in [0.717, 1.165) is 16.7 Å². The Balaban J connectivity index is 2.08. The van der Waals surface area contributed by atoms with Crippen LogP contribution in [0.3, 0.4) is 0 Å².